The van der Waals surface area contributed by atoms with Crippen LogP contribution in [0, 0.1) is 13.0 Å². The predicted molar refractivity (Wildman–Crippen MR) is 82.2 cm³/mol. The van der Waals surface area contributed by atoms with E-state index in [9.17, 15) is 8.42 Å². The predicted octanol–water partition coefficient (Wildman–Crippen LogP) is 0.751. The molecule has 0 bridgehead atoms. The van der Waals surface area contributed by atoms with Crippen LogP contribution in [0.15, 0.2) is 58.0 Å². The Kier molecular flexibility index (Phi) is 6.68. The summed E-state index contributed by atoms with van der Waals surface area (Å²) in [5.74, 6) is 0. The van der Waals surface area contributed by atoms with Gasteiger partial charge in [0.25, 0.3) is 10.0 Å². The molecule has 7 heteroatoms. The molecule has 3 rings (SSSR count). The zero-order valence-electron chi connectivity index (χ0n) is 11.8. The summed E-state index contributed by atoms with van der Waals surface area (Å²) in [6.07, 6.45) is 1.57. The third-order valence-corrected chi connectivity index (χ3v) is 5.41. The first kappa shape index (κ1) is 19.7. The molecule has 110 valence electrons. The van der Waals surface area contributed by atoms with Crippen LogP contribution in [0.5, 0.6) is 0 Å². The van der Waals surface area contributed by atoms with E-state index in [-0.39, 0.29) is 45.0 Å². The van der Waals surface area contributed by atoms with Crippen LogP contribution in [0.4, 0.5) is 0 Å². The molecule has 1 aromatic heterocycles. The van der Waals surface area contributed by atoms with E-state index in [1.54, 1.807) is 48.7 Å². The Bertz CT molecular complexity index is 892. The first-order valence-electron chi connectivity index (χ1n) is 5.99. The Hall–Kier alpha value is -0.365. The van der Waals surface area contributed by atoms with Gasteiger partial charge in [-0.15, -0.1) is 0 Å². The smallest absolute Gasteiger partial charge is 1.00 e. The number of halogens is 2. The molecule has 2 radical (unpaired) electrons. The molecule has 0 unspecified atom stereocenters. The van der Waals surface area contributed by atoms with Gasteiger partial charge in [0.05, 0.1) is 10.4 Å². The largest absolute Gasteiger partial charge is 1.00 e. The second-order valence-corrected chi connectivity index (χ2v) is 7.19. The second kappa shape index (κ2) is 7.47. The van der Waals surface area contributed by atoms with Crippen molar-refractivity contribution in [2.24, 2.45) is 0 Å². The van der Waals surface area contributed by atoms with Crippen molar-refractivity contribution in [3.63, 3.8) is 0 Å². The molecule has 0 fully saturated rings. The maximum absolute atomic E-state index is 12.7. The van der Waals surface area contributed by atoms with Crippen molar-refractivity contribution in [2.75, 3.05) is 0 Å². The van der Waals surface area contributed by atoms with E-state index in [1.165, 1.54) is 3.97 Å². The number of fused-ring (bicyclic) bond motifs is 1. The fourth-order valence-corrected chi connectivity index (χ4v) is 4.08. The van der Waals surface area contributed by atoms with E-state index >= 15 is 0 Å². The van der Waals surface area contributed by atoms with Crippen molar-refractivity contribution in [3.8, 4) is 0 Å². The molecule has 0 amide bonds. The fourth-order valence-electron chi connectivity index (χ4n) is 2.06. The molecular weight excluding hydrogens is 574 g/mol. The SMILES string of the molecule is Cc1ccc(S(=O)(=O)n2cc(Br)c3[c]cccc32)cc1.[Cl-].[Hg+]. The minimum absolute atomic E-state index is 0. The Morgan fingerprint density at radius 1 is 1.14 bits per heavy atom. The van der Waals surface area contributed by atoms with Gasteiger partial charge in [-0.3, -0.25) is 0 Å². The molecule has 2 aromatic carbocycles. The number of aryl methyl sites for hydroxylation is 1. The molecule has 0 aliphatic carbocycles. The molecule has 3 nitrogen and oxygen atoms in total. The Labute approximate surface area is 164 Å². The first-order valence-corrected chi connectivity index (χ1v) is 8.23. The van der Waals surface area contributed by atoms with Crippen LogP contribution in [0.25, 0.3) is 10.9 Å². The van der Waals surface area contributed by atoms with Crippen LogP contribution in [-0.4, -0.2) is 12.4 Å². The molecule has 0 aliphatic rings. The van der Waals surface area contributed by atoms with Crippen LogP contribution < -0.4 is 12.4 Å². The van der Waals surface area contributed by atoms with Gasteiger partial charge in [0.15, 0.2) is 0 Å². The number of nitrogens with zero attached hydrogens (tertiary/aromatic N) is 1. The van der Waals surface area contributed by atoms with Crippen molar-refractivity contribution in [2.45, 2.75) is 11.8 Å². The number of rotatable bonds is 2. The van der Waals surface area contributed by atoms with E-state index in [2.05, 4.69) is 22.0 Å². The van der Waals surface area contributed by atoms with Crippen LogP contribution in [-0.2, 0) is 37.7 Å². The summed E-state index contributed by atoms with van der Waals surface area (Å²) < 4.78 is 27.4. The molecular formula is C15H11BrClHgNO2S. The fraction of sp³-hybridized carbons (Fsp3) is 0.0667. The van der Waals surface area contributed by atoms with Gasteiger partial charge in [-0.2, -0.15) is 0 Å². The van der Waals surface area contributed by atoms with Crippen molar-refractivity contribution < 1.29 is 48.5 Å². The van der Waals surface area contributed by atoms with Crippen molar-refractivity contribution in [1.82, 2.24) is 3.97 Å². The third kappa shape index (κ3) is 3.42. The maximum atomic E-state index is 12.7. The van der Waals surface area contributed by atoms with E-state index in [0.29, 0.717) is 9.99 Å². The Balaban J connectivity index is 0.00000121. The summed E-state index contributed by atoms with van der Waals surface area (Å²) in [5, 5.41) is 0.753. The van der Waals surface area contributed by atoms with E-state index < -0.39 is 10.0 Å². The quantitative estimate of drug-likeness (QED) is 0.417. The Morgan fingerprint density at radius 3 is 2.41 bits per heavy atom. The molecule has 0 N–H and O–H groups in total. The zero-order chi connectivity index (χ0) is 14.3. The van der Waals surface area contributed by atoms with Crippen LogP contribution in [0.3, 0.4) is 0 Å². The summed E-state index contributed by atoms with van der Waals surface area (Å²) in [6, 6.07) is 15.2. The van der Waals surface area contributed by atoms with Gasteiger partial charge in [-0.1, -0.05) is 29.8 Å². The van der Waals surface area contributed by atoms with Gasteiger partial charge >= 0.3 is 27.7 Å². The number of hydrogen-bond donors (Lipinski definition) is 0. The standard InChI is InChI=1S/C15H11BrNO2S.ClH.Hg/c1-11-6-8-12(9-7-11)20(18,19)17-10-14(16)13-4-2-3-5-15(13)17;;/h2-3,5-10H,1H3;1H;/q;;+1/p-1. The van der Waals surface area contributed by atoms with Gasteiger partial charge < -0.3 is 12.4 Å². The molecule has 3 aromatic rings. The van der Waals surface area contributed by atoms with Gasteiger partial charge in [0.2, 0.25) is 0 Å². The normalized spacial score (nSPS) is 10.8. The van der Waals surface area contributed by atoms with Crippen molar-refractivity contribution in [1.29, 1.82) is 0 Å². The number of hydrogen-bond acceptors (Lipinski definition) is 2. The van der Waals surface area contributed by atoms with E-state index in [1.807, 2.05) is 6.92 Å². The number of benzene rings is 2. The topological polar surface area (TPSA) is 39.1 Å². The monoisotopic (exact) mass is 585 g/mol. The minimum atomic E-state index is -3.59. The first-order chi connectivity index (χ1) is 9.50. The zero-order valence-corrected chi connectivity index (χ0v) is 20.4. The maximum Gasteiger partial charge on any atom is 1.00 e. The van der Waals surface area contributed by atoms with Gasteiger partial charge in [-0.25, -0.2) is 12.4 Å². The van der Waals surface area contributed by atoms with Gasteiger partial charge in [-0.05, 0) is 47.1 Å². The summed E-state index contributed by atoms with van der Waals surface area (Å²) in [5.41, 5.74) is 1.63. The van der Waals surface area contributed by atoms with Gasteiger partial charge in [0, 0.05) is 16.1 Å². The molecule has 0 spiro atoms. The van der Waals surface area contributed by atoms with Crippen LogP contribution in [0.2, 0.25) is 0 Å². The van der Waals surface area contributed by atoms with Crippen LogP contribution >= 0.6 is 15.9 Å². The molecule has 1 heterocycles. The average Bonchev–Trinajstić information content (AvgIpc) is 2.78. The molecule has 0 atom stereocenters. The summed E-state index contributed by atoms with van der Waals surface area (Å²) in [6.45, 7) is 1.92. The summed E-state index contributed by atoms with van der Waals surface area (Å²) >= 11 is 3.38. The Morgan fingerprint density at radius 2 is 1.77 bits per heavy atom. The van der Waals surface area contributed by atoms with Crippen molar-refractivity contribution >= 4 is 36.9 Å². The third-order valence-electron chi connectivity index (χ3n) is 3.12. The second-order valence-electron chi connectivity index (χ2n) is 4.52. The van der Waals surface area contributed by atoms with E-state index in [0.717, 1.165) is 10.9 Å². The minimum Gasteiger partial charge on any atom is -1.00 e. The molecule has 0 saturated carbocycles. The molecule has 0 saturated heterocycles. The van der Waals surface area contributed by atoms with E-state index in [4.69, 9.17) is 0 Å². The number of aromatic nitrogens is 1. The average molecular weight is 585 g/mol. The van der Waals surface area contributed by atoms with Crippen LogP contribution in [0.1, 0.15) is 5.56 Å². The molecule has 0 aliphatic heterocycles. The summed E-state index contributed by atoms with van der Waals surface area (Å²) in [7, 11) is -3.59. The van der Waals surface area contributed by atoms with Gasteiger partial charge in [0.1, 0.15) is 0 Å². The summed E-state index contributed by atoms with van der Waals surface area (Å²) in [4.78, 5) is 0.274. The van der Waals surface area contributed by atoms with Crippen molar-refractivity contribution in [3.05, 3.63) is 64.8 Å². The molecule has 22 heavy (non-hydrogen) atoms.